The summed E-state index contributed by atoms with van der Waals surface area (Å²) in [6.07, 6.45) is -2.45. The largest absolute Gasteiger partial charge is 0.511 e. The number of nitrogens with one attached hydrogen (secondary N) is 2. The molecule has 1 saturated heterocycles. The number of amides is 1. The Morgan fingerprint density at radius 1 is 1.02 bits per heavy atom. The van der Waals surface area contributed by atoms with Crippen LogP contribution in [0.15, 0.2) is 54.6 Å². The third kappa shape index (κ3) is 8.72. The van der Waals surface area contributed by atoms with Gasteiger partial charge in [-0.1, -0.05) is 62.2 Å². The van der Waals surface area contributed by atoms with Crippen molar-refractivity contribution < 1.29 is 42.1 Å². The number of carbonyl (C=O) groups excluding carboxylic acids is 3. The van der Waals surface area contributed by atoms with Crippen molar-refractivity contribution in [1.82, 2.24) is 5.32 Å². The zero-order valence-electron chi connectivity index (χ0n) is 29.1. The molecule has 14 heteroatoms. The molecule has 1 amide bonds. The van der Waals surface area contributed by atoms with Crippen molar-refractivity contribution in [3.05, 3.63) is 93.0 Å². The van der Waals surface area contributed by atoms with Crippen LogP contribution < -0.4 is 15.4 Å². The molecule has 3 aromatic rings. The highest BCUT2D eigenvalue weighted by Crippen LogP contribution is 2.53. The topological polar surface area (TPSA) is 136 Å². The van der Waals surface area contributed by atoms with Gasteiger partial charge < -0.3 is 29.6 Å². The number of methoxy groups -OCH3 is 1. The number of carbonyl (C=O) groups is 3. The quantitative estimate of drug-likeness (QED) is 0.155. The second-order valence-electron chi connectivity index (χ2n) is 13.6. The van der Waals surface area contributed by atoms with Crippen molar-refractivity contribution in [2.75, 3.05) is 12.4 Å². The van der Waals surface area contributed by atoms with Crippen LogP contribution in [0.2, 0.25) is 10.0 Å². The van der Waals surface area contributed by atoms with Gasteiger partial charge in [0, 0.05) is 29.5 Å². The van der Waals surface area contributed by atoms with Crippen LogP contribution in [-0.4, -0.2) is 49.6 Å². The van der Waals surface area contributed by atoms with Gasteiger partial charge >= 0.3 is 12.1 Å². The summed E-state index contributed by atoms with van der Waals surface area (Å²) in [5, 5.41) is 16.9. The van der Waals surface area contributed by atoms with Gasteiger partial charge in [0.25, 0.3) is 0 Å². The molecule has 4 rings (SSSR count). The number of nitriles is 1. The first-order chi connectivity index (χ1) is 23.9. The van der Waals surface area contributed by atoms with E-state index in [4.69, 9.17) is 42.1 Å². The molecule has 5 atom stereocenters. The van der Waals surface area contributed by atoms with E-state index in [1.807, 2.05) is 20.8 Å². The van der Waals surface area contributed by atoms with Crippen LogP contribution in [0, 0.1) is 28.4 Å². The number of nitrogens with zero attached hydrogens (tertiary/aromatic N) is 1. The molecule has 0 saturated carbocycles. The Labute approximate surface area is 305 Å². The lowest BCUT2D eigenvalue weighted by Gasteiger charge is -2.37. The average Bonchev–Trinajstić information content (AvgIpc) is 3.34. The molecule has 0 bridgehead atoms. The third-order valence-corrected chi connectivity index (χ3v) is 8.82. The fourth-order valence-electron chi connectivity index (χ4n) is 6.29. The predicted molar refractivity (Wildman–Crippen MR) is 187 cm³/mol. The van der Waals surface area contributed by atoms with Crippen molar-refractivity contribution in [1.29, 1.82) is 5.26 Å². The van der Waals surface area contributed by atoms with Gasteiger partial charge in [-0.3, -0.25) is 4.79 Å². The molecular weight excluding hydrogens is 707 g/mol. The van der Waals surface area contributed by atoms with E-state index in [0.717, 1.165) is 6.07 Å². The molecule has 1 aliphatic rings. The highest BCUT2D eigenvalue weighted by atomic mass is 35.5. The van der Waals surface area contributed by atoms with Gasteiger partial charge in [-0.25, -0.2) is 18.4 Å². The number of benzene rings is 3. The normalized spacial score (nSPS) is 20.6. The SMILES string of the molecule is COc1cc(C(=O)OC(C)OC(=O)OC(C)C)ccc1NC(=O)[C@@H]1N[C@@H](CC(C)(C)C)[C@](C#N)(c2ccc(Cl)cc2F)[C@H]1c1cccc(Cl)c1F. The van der Waals surface area contributed by atoms with E-state index in [2.05, 4.69) is 16.7 Å². The maximum Gasteiger partial charge on any atom is 0.511 e. The number of anilines is 1. The summed E-state index contributed by atoms with van der Waals surface area (Å²) >= 11 is 12.3. The Hall–Kier alpha value is -4.44. The summed E-state index contributed by atoms with van der Waals surface area (Å²) in [5.74, 6) is -4.46. The Balaban J connectivity index is 1.75. The van der Waals surface area contributed by atoms with E-state index in [1.165, 1.54) is 62.6 Å². The molecule has 2 N–H and O–H groups in total. The summed E-state index contributed by atoms with van der Waals surface area (Å²) in [7, 11) is 1.31. The molecule has 10 nitrogen and oxygen atoms in total. The number of hydrogen-bond donors (Lipinski definition) is 2. The van der Waals surface area contributed by atoms with Crippen LogP contribution in [0.25, 0.3) is 0 Å². The highest BCUT2D eigenvalue weighted by molar-refractivity contribution is 6.31. The van der Waals surface area contributed by atoms with E-state index in [-0.39, 0.29) is 44.6 Å². The lowest BCUT2D eigenvalue weighted by Crippen LogP contribution is -2.45. The number of ether oxygens (including phenoxy) is 4. The predicted octanol–water partition coefficient (Wildman–Crippen LogP) is 8.31. The van der Waals surface area contributed by atoms with E-state index in [9.17, 15) is 19.6 Å². The van der Waals surface area contributed by atoms with Crippen LogP contribution in [0.4, 0.5) is 19.3 Å². The first kappa shape index (κ1) is 39.3. The number of esters is 1. The third-order valence-electron chi connectivity index (χ3n) is 8.29. The minimum atomic E-state index is -1.83. The van der Waals surface area contributed by atoms with Gasteiger partial charge in [0.05, 0.1) is 41.6 Å². The smallest absolute Gasteiger partial charge is 0.495 e. The standard InChI is InChI=1S/C37H39Cl2F2N3O7/c1-19(2)49-35(47)51-20(3)50-34(46)21-11-14-27(28(15-21)48-7)43-33(45)32-30(23-9-8-10-25(39)31(23)41)37(18-42,29(44-32)17-36(4,5)6)24-13-12-22(38)16-26(24)40/h8-16,19-20,29-30,32,44H,17H2,1-7H3,(H,43,45)/t20?,29-,30-,32+,37-/m0/s1. The van der Waals surface area contributed by atoms with Gasteiger partial charge in [-0.2, -0.15) is 5.26 Å². The molecule has 1 heterocycles. The molecule has 0 aliphatic carbocycles. The Morgan fingerprint density at radius 2 is 1.73 bits per heavy atom. The lowest BCUT2D eigenvalue weighted by atomic mass is 9.62. The van der Waals surface area contributed by atoms with E-state index in [1.54, 1.807) is 13.8 Å². The second-order valence-corrected chi connectivity index (χ2v) is 14.4. The fourth-order valence-corrected chi connectivity index (χ4v) is 6.63. The molecule has 1 fully saturated rings. The van der Waals surface area contributed by atoms with Gasteiger partial charge in [0.15, 0.2) is 0 Å². The second kappa shape index (κ2) is 15.8. The van der Waals surface area contributed by atoms with Crippen molar-refractivity contribution in [2.24, 2.45) is 5.41 Å². The minimum absolute atomic E-state index is 0.00217. The molecule has 272 valence electrons. The van der Waals surface area contributed by atoms with Crippen LogP contribution in [-0.2, 0) is 24.4 Å². The molecule has 0 spiro atoms. The molecule has 1 aliphatic heterocycles. The zero-order valence-corrected chi connectivity index (χ0v) is 30.6. The number of halogens is 4. The van der Waals surface area contributed by atoms with Crippen LogP contribution in [0.5, 0.6) is 5.75 Å². The van der Waals surface area contributed by atoms with Crippen molar-refractivity contribution in [3.8, 4) is 11.8 Å². The number of rotatable bonds is 10. The van der Waals surface area contributed by atoms with Crippen LogP contribution in [0.3, 0.4) is 0 Å². The Morgan fingerprint density at radius 3 is 2.33 bits per heavy atom. The van der Waals surface area contributed by atoms with Crippen molar-refractivity contribution >= 4 is 46.9 Å². The van der Waals surface area contributed by atoms with Gasteiger partial charge in [-0.15, -0.1) is 0 Å². The monoisotopic (exact) mass is 745 g/mol. The Kier molecular flexibility index (Phi) is 12.2. The van der Waals surface area contributed by atoms with E-state index >= 15 is 8.78 Å². The summed E-state index contributed by atoms with van der Waals surface area (Å²) < 4.78 is 52.4. The van der Waals surface area contributed by atoms with E-state index in [0.29, 0.717) is 0 Å². The summed E-state index contributed by atoms with van der Waals surface area (Å²) in [6, 6.07) is 12.3. The fraction of sp³-hybridized carbons (Fsp3) is 0.405. The first-order valence-corrected chi connectivity index (χ1v) is 16.8. The molecular formula is C37H39Cl2F2N3O7. The van der Waals surface area contributed by atoms with Gasteiger partial charge in [-0.05, 0) is 67.6 Å². The summed E-state index contributed by atoms with van der Waals surface area (Å²) in [6.45, 7) is 10.4. The first-order valence-electron chi connectivity index (χ1n) is 16.1. The van der Waals surface area contributed by atoms with Crippen molar-refractivity contribution in [3.63, 3.8) is 0 Å². The Bertz CT molecular complexity index is 1850. The van der Waals surface area contributed by atoms with Gasteiger partial charge in [0.1, 0.15) is 22.8 Å². The van der Waals surface area contributed by atoms with Crippen LogP contribution >= 0.6 is 23.2 Å². The molecule has 3 aromatic carbocycles. The van der Waals surface area contributed by atoms with Crippen molar-refractivity contribution in [2.45, 2.75) is 83.8 Å². The van der Waals surface area contributed by atoms with E-state index < -0.39 is 70.9 Å². The molecule has 0 radical (unpaired) electrons. The highest BCUT2D eigenvalue weighted by Gasteiger charge is 2.61. The number of hydrogen-bond acceptors (Lipinski definition) is 9. The molecule has 1 unspecified atom stereocenters. The molecule has 51 heavy (non-hydrogen) atoms. The maximum atomic E-state index is 16.0. The lowest BCUT2D eigenvalue weighted by molar-refractivity contribution is -0.118. The minimum Gasteiger partial charge on any atom is -0.495 e. The summed E-state index contributed by atoms with van der Waals surface area (Å²) in [5.41, 5.74) is -2.27. The van der Waals surface area contributed by atoms with Crippen LogP contribution in [0.1, 0.15) is 75.4 Å². The zero-order chi connectivity index (χ0) is 37.8. The summed E-state index contributed by atoms with van der Waals surface area (Å²) in [4.78, 5) is 39.0. The molecule has 0 aromatic heterocycles. The van der Waals surface area contributed by atoms with Gasteiger partial charge in [0.2, 0.25) is 12.2 Å². The maximum absolute atomic E-state index is 16.0. The average molecular weight is 747 g/mol.